The highest BCUT2D eigenvalue weighted by Crippen LogP contribution is 2.23. The maximum Gasteiger partial charge on any atom is 0.321 e. The first-order valence-corrected chi connectivity index (χ1v) is 12.2. The summed E-state index contributed by atoms with van der Waals surface area (Å²) in [5.41, 5.74) is 3.43. The Kier molecular flexibility index (Phi) is 7.13. The summed E-state index contributed by atoms with van der Waals surface area (Å²) in [5, 5.41) is 6.31. The number of amides is 3. The van der Waals surface area contributed by atoms with E-state index in [9.17, 15) is 14.4 Å². The number of hydrogen-bond acceptors (Lipinski definition) is 5. The smallest absolute Gasteiger partial charge is 0.321 e. The molecule has 1 aliphatic carbocycles. The second-order valence-corrected chi connectivity index (χ2v) is 9.48. The zero-order valence-corrected chi connectivity index (χ0v) is 19.7. The number of imide groups is 1. The van der Waals surface area contributed by atoms with Gasteiger partial charge in [0.2, 0.25) is 5.91 Å². The van der Waals surface area contributed by atoms with Crippen LogP contribution in [-0.2, 0) is 4.79 Å². The van der Waals surface area contributed by atoms with Gasteiger partial charge in [-0.25, -0.2) is 9.78 Å². The highest BCUT2D eigenvalue weighted by molar-refractivity contribution is 7.99. The number of fused-ring (bicyclic) bond motifs is 1. The molecule has 2 N–H and O–H groups in total. The standard InChI is InChI=1S/C25H28N4O3S/c1-16-11-12-19(15-17(16)2)29-23(31)20-9-5-6-10-21(20)27-25(29)33-14-13-22(30)28-24(32)26-18-7-3-4-8-18/h5-6,9-12,15,18H,3-4,7-8,13-14H2,1-2H3,(H2,26,28,30,32). The minimum Gasteiger partial charge on any atom is -0.335 e. The van der Waals surface area contributed by atoms with E-state index in [1.807, 2.05) is 50.2 Å². The van der Waals surface area contributed by atoms with E-state index in [4.69, 9.17) is 4.98 Å². The van der Waals surface area contributed by atoms with Gasteiger partial charge in [-0.2, -0.15) is 0 Å². The van der Waals surface area contributed by atoms with E-state index in [1.54, 1.807) is 10.6 Å². The van der Waals surface area contributed by atoms with Gasteiger partial charge < -0.3 is 5.32 Å². The van der Waals surface area contributed by atoms with Gasteiger partial charge in [-0.1, -0.05) is 42.8 Å². The van der Waals surface area contributed by atoms with Gasteiger partial charge >= 0.3 is 6.03 Å². The van der Waals surface area contributed by atoms with Crippen LogP contribution in [0.15, 0.2) is 52.4 Å². The zero-order valence-electron chi connectivity index (χ0n) is 18.9. The van der Waals surface area contributed by atoms with Crippen molar-refractivity contribution in [3.8, 4) is 5.69 Å². The highest BCUT2D eigenvalue weighted by Gasteiger charge is 2.19. The molecule has 0 atom stereocenters. The topological polar surface area (TPSA) is 93.1 Å². The van der Waals surface area contributed by atoms with Gasteiger partial charge in [-0.3, -0.25) is 19.5 Å². The molecule has 1 saturated carbocycles. The molecule has 0 bridgehead atoms. The van der Waals surface area contributed by atoms with Crippen LogP contribution < -0.4 is 16.2 Å². The Hall–Kier alpha value is -3.13. The average Bonchev–Trinajstić information content (AvgIpc) is 3.29. The number of aromatic nitrogens is 2. The number of benzene rings is 2. The number of para-hydroxylation sites is 1. The predicted molar refractivity (Wildman–Crippen MR) is 131 cm³/mol. The van der Waals surface area contributed by atoms with E-state index in [0.29, 0.717) is 21.8 Å². The number of nitrogens with one attached hydrogen (secondary N) is 2. The molecule has 0 spiro atoms. The summed E-state index contributed by atoms with van der Waals surface area (Å²) in [6.07, 6.45) is 4.27. The average molecular weight is 465 g/mol. The van der Waals surface area contributed by atoms with Crippen LogP contribution in [-0.4, -0.2) is 33.3 Å². The van der Waals surface area contributed by atoms with E-state index < -0.39 is 6.03 Å². The molecule has 1 fully saturated rings. The normalized spacial score (nSPS) is 13.9. The van der Waals surface area contributed by atoms with E-state index in [0.717, 1.165) is 42.5 Å². The van der Waals surface area contributed by atoms with Crippen LogP contribution in [0.3, 0.4) is 0 Å². The Balaban J connectivity index is 1.50. The first kappa shape index (κ1) is 23.0. The minimum absolute atomic E-state index is 0.137. The summed E-state index contributed by atoms with van der Waals surface area (Å²) in [4.78, 5) is 42.3. The van der Waals surface area contributed by atoms with Gasteiger partial charge in [0.05, 0.1) is 16.6 Å². The van der Waals surface area contributed by atoms with Crippen molar-refractivity contribution in [2.75, 3.05) is 5.75 Å². The first-order valence-electron chi connectivity index (χ1n) is 11.2. The third-order valence-corrected chi connectivity index (χ3v) is 6.94. The fourth-order valence-corrected chi connectivity index (χ4v) is 4.97. The van der Waals surface area contributed by atoms with Gasteiger partial charge in [0.1, 0.15) is 0 Å². The van der Waals surface area contributed by atoms with Crippen LogP contribution in [0.4, 0.5) is 4.79 Å². The SMILES string of the molecule is Cc1ccc(-n2c(SCCC(=O)NC(=O)NC3CCCC3)nc3ccccc3c2=O)cc1C. The molecule has 3 aromatic rings. The van der Waals surface area contributed by atoms with Crippen molar-refractivity contribution >= 4 is 34.6 Å². The summed E-state index contributed by atoms with van der Waals surface area (Å²) >= 11 is 1.33. The number of nitrogens with zero attached hydrogens (tertiary/aromatic N) is 2. The van der Waals surface area contributed by atoms with Crippen molar-refractivity contribution in [2.24, 2.45) is 0 Å². The van der Waals surface area contributed by atoms with Gasteiger partial charge in [-0.05, 0) is 62.1 Å². The molecule has 0 unspecified atom stereocenters. The van der Waals surface area contributed by atoms with Crippen LogP contribution in [0.25, 0.3) is 16.6 Å². The number of aryl methyl sites for hydroxylation is 2. The summed E-state index contributed by atoms with van der Waals surface area (Å²) in [7, 11) is 0. The lowest BCUT2D eigenvalue weighted by Gasteiger charge is -2.15. The predicted octanol–water partition coefficient (Wildman–Crippen LogP) is 4.25. The van der Waals surface area contributed by atoms with Crippen LogP contribution in [0.5, 0.6) is 0 Å². The third kappa shape index (κ3) is 5.45. The maximum absolute atomic E-state index is 13.3. The van der Waals surface area contributed by atoms with Crippen molar-refractivity contribution in [3.63, 3.8) is 0 Å². The van der Waals surface area contributed by atoms with E-state index in [1.165, 1.54) is 11.8 Å². The number of thioether (sulfide) groups is 1. The van der Waals surface area contributed by atoms with Crippen molar-refractivity contribution in [2.45, 2.75) is 57.1 Å². The van der Waals surface area contributed by atoms with Crippen LogP contribution in [0.1, 0.15) is 43.2 Å². The van der Waals surface area contributed by atoms with Crippen LogP contribution in [0, 0.1) is 13.8 Å². The minimum atomic E-state index is -0.437. The Morgan fingerprint density at radius 1 is 1.09 bits per heavy atom. The molecule has 3 amide bonds. The van der Waals surface area contributed by atoms with Gasteiger partial charge in [0.15, 0.2) is 5.16 Å². The molecule has 0 saturated heterocycles. The Bertz CT molecular complexity index is 1250. The molecule has 1 aromatic heterocycles. The van der Waals surface area contributed by atoms with Crippen molar-refractivity contribution in [1.82, 2.24) is 20.2 Å². The highest BCUT2D eigenvalue weighted by atomic mass is 32.2. The molecule has 4 rings (SSSR count). The fourth-order valence-electron chi connectivity index (χ4n) is 4.02. The summed E-state index contributed by atoms with van der Waals surface area (Å²) < 4.78 is 1.60. The molecule has 33 heavy (non-hydrogen) atoms. The number of rotatable bonds is 6. The van der Waals surface area contributed by atoms with Gasteiger partial charge in [0.25, 0.3) is 5.56 Å². The molecule has 8 heteroatoms. The Labute approximate surface area is 197 Å². The number of carbonyl (C=O) groups excluding carboxylic acids is 2. The number of hydrogen-bond donors (Lipinski definition) is 2. The lowest BCUT2D eigenvalue weighted by molar-refractivity contribution is -0.119. The molecule has 0 radical (unpaired) electrons. The number of urea groups is 1. The third-order valence-electron chi connectivity index (χ3n) is 6.00. The number of carbonyl (C=O) groups is 2. The zero-order chi connectivity index (χ0) is 23.4. The molecule has 172 valence electrons. The van der Waals surface area contributed by atoms with E-state index in [-0.39, 0.29) is 23.9 Å². The summed E-state index contributed by atoms with van der Waals surface area (Å²) in [6.45, 7) is 4.03. The second kappa shape index (κ2) is 10.2. The van der Waals surface area contributed by atoms with E-state index >= 15 is 0 Å². The second-order valence-electron chi connectivity index (χ2n) is 8.42. The molecule has 2 aromatic carbocycles. The lowest BCUT2D eigenvalue weighted by atomic mass is 10.1. The quantitative estimate of drug-likeness (QED) is 0.420. The van der Waals surface area contributed by atoms with Gasteiger partial charge in [0, 0.05) is 18.2 Å². The van der Waals surface area contributed by atoms with Crippen molar-refractivity contribution < 1.29 is 9.59 Å². The van der Waals surface area contributed by atoms with E-state index in [2.05, 4.69) is 10.6 Å². The Morgan fingerprint density at radius 3 is 2.61 bits per heavy atom. The Morgan fingerprint density at radius 2 is 1.85 bits per heavy atom. The van der Waals surface area contributed by atoms with Crippen LogP contribution >= 0.6 is 11.8 Å². The molecular formula is C25H28N4O3S. The van der Waals surface area contributed by atoms with Crippen LogP contribution in [0.2, 0.25) is 0 Å². The fraction of sp³-hybridized carbons (Fsp3) is 0.360. The summed E-state index contributed by atoms with van der Waals surface area (Å²) in [5.74, 6) is 0.0388. The first-order chi connectivity index (χ1) is 15.9. The lowest BCUT2D eigenvalue weighted by Crippen LogP contribution is -2.43. The van der Waals surface area contributed by atoms with Gasteiger partial charge in [-0.15, -0.1) is 0 Å². The molecule has 1 heterocycles. The molecule has 0 aliphatic heterocycles. The van der Waals surface area contributed by atoms with Crippen molar-refractivity contribution in [3.05, 3.63) is 63.9 Å². The maximum atomic E-state index is 13.3. The molecular weight excluding hydrogens is 436 g/mol. The largest absolute Gasteiger partial charge is 0.335 e. The van der Waals surface area contributed by atoms with Crippen molar-refractivity contribution in [1.29, 1.82) is 0 Å². The molecule has 1 aliphatic rings. The monoisotopic (exact) mass is 464 g/mol. The molecule has 7 nitrogen and oxygen atoms in total. The summed E-state index contributed by atoms with van der Waals surface area (Å²) in [6, 6.07) is 12.8.